The van der Waals surface area contributed by atoms with Crippen LogP contribution < -0.4 is 11.1 Å². The Balaban J connectivity index is 2.45. The van der Waals surface area contributed by atoms with Gasteiger partial charge in [0, 0.05) is 6.04 Å². The van der Waals surface area contributed by atoms with Crippen molar-refractivity contribution in [2.24, 2.45) is 23.5 Å². The Morgan fingerprint density at radius 1 is 1.41 bits per heavy atom. The van der Waals surface area contributed by atoms with E-state index < -0.39 is 0 Å². The lowest BCUT2D eigenvalue weighted by atomic mass is 9.79. The van der Waals surface area contributed by atoms with Crippen LogP contribution in [0.2, 0.25) is 0 Å². The van der Waals surface area contributed by atoms with Gasteiger partial charge in [-0.2, -0.15) is 0 Å². The van der Waals surface area contributed by atoms with Gasteiger partial charge in [-0.05, 0) is 37.0 Å². The van der Waals surface area contributed by atoms with Gasteiger partial charge in [-0.3, -0.25) is 4.79 Å². The van der Waals surface area contributed by atoms with Crippen molar-refractivity contribution in [2.45, 2.75) is 65.5 Å². The minimum atomic E-state index is -0.355. The van der Waals surface area contributed by atoms with Gasteiger partial charge in [0.1, 0.15) is 0 Å². The maximum atomic E-state index is 12.0. The summed E-state index contributed by atoms with van der Waals surface area (Å²) in [7, 11) is 0. The fourth-order valence-corrected chi connectivity index (χ4v) is 2.67. The van der Waals surface area contributed by atoms with Crippen molar-refractivity contribution in [2.75, 3.05) is 0 Å². The molecule has 0 aromatic heterocycles. The molecular weight excluding hydrogens is 212 g/mol. The number of hydrogen-bond donors (Lipinski definition) is 2. The van der Waals surface area contributed by atoms with E-state index >= 15 is 0 Å². The van der Waals surface area contributed by atoms with Crippen LogP contribution in [0.3, 0.4) is 0 Å². The normalized spacial score (nSPS) is 32.9. The predicted octanol–water partition coefficient (Wildman–Crippen LogP) is 2.30. The lowest BCUT2D eigenvalue weighted by Crippen LogP contribution is -2.51. The molecule has 0 saturated heterocycles. The summed E-state index contributed by atoms with van der Waals surface area (Å²) in [6.45, 7) is 8.63. The minimum Gasteiger partial charge on any atom is -0.352 e. The van der Waals surface area contributed by atoms with Gasteiger partial charge in [-0.25, -0.2) is 0 Å². The molecule has 1 fully saturated rings. The molecule has 1 amide bonds. The Labute approximate surface area is 106 Å². The first-order chi connectivity index (χ1) is 7.95. The van der Waals surface area contributed by atoms with Gasteiger partial charge in [-0.15, -0.1) is 0 Å². The van der Waals surface area contributed by atoms with E-state index in [2.05, 4.69) is 26.1 Å². The van der Waals surface area contributed by atoms with E-state index in [0.29, 0.717) is 12.0 Å². The molecule has 1 aliphatic carbocycles. The SMILES string of the molecule is CC[C@H](C)[C@H](N)C(=O)NC1CCC(C)CC1C. The lowest BCUT2D eigenvalue weighted by molar-refractivity contribution is -0.124. The van der Waals surface area contributed by atoms with Gasteiger partial charge in [0.05, 0.1) is 6.04 Å². The topological polar surface area (TPSA) is 55.1 Å². The monoisotopic (exact) mass is 240 g/mol. The molecule has 100 valence electrons. The van der Waals surface area contributed by atoms with Crippen molar-refractivity contribution in [3.05, 3.63) is 0 Å². The standard InChI is InChI=1S/C14H28N2O/c1-5-10(3)13(15)14(17)16-12-7-6-9(2)8-11(12)4/h9-13H,5-8,15H2,1-4H3,(H,16,17)/t9?,10-,11?,12?,13-/m0/s1. The number of carbonyl (C=O) groups excluding carboxylic acids is 1. The van der Waals surface area contributed by atoms with Crippen LogP contribution in [-0.4, -0.2) is 18.0 Å². The van der Waals surface area contributed by atoms with Crippen LogP contribution in [0.15, 0.2) is 0 Å². The molecule has 0 heterocycles. The zero-order chi connectivity index (χ0) is 13.0. The van der Waals surface area contributed by atoms with E-state index in [9.17, 15) is 4.79 Å². The van der Waals surface area contributed by atoms with Gasteiger partial charge in [0.15, 0.2) is 0 Å². The second-order valence-electron chi connectivity index (χ2n) is 5.92. The van der Waals surface area contributed by atoms with E-state index in [1.54, 1.807) is 0 Å². The largest absolute Gasteiger partial charge is 0.352 e. The second-order valence-corrected chi connectivity index (χ2v) is 5.92. The fourth-order valence-electron chi connectivity index (χ4n) is 2.67. The molecule has 0 aromatic carbocycles. The zero-order valence-corrected chi connectivity index (χ0v) is 11.7. The highest BCUT2D eigenvalue weighted by Gasteiger charge is 2.28. The first-order valence-electron chi connectivity index (χ1n) is 7.01. The summed E-state index contributed by atoms with van der Waals surface area (Å²) >= 11 is 0. The predicted molar refractivity (Wildman–Crippen MR) is 71.5 cm³/mol. The van der Waals surface area contributed by atoms with Crippen molar-refractivity contribution >= 4 is 5.91 Å². The molecule has 5 atom stereocenters. The number of nitrogens with two attached hydrogens (primary N) is 1. The fraction of sp³-hybridized carbons (Fsp3) is 0.929. The van der Waals surface area contributed by atoms with Crippen LogP contribution in [0, 0.1) is 17.8 Å². The molecule has 0 aromatic rings. The van der Waals surface area contributed by atoms with Crippen LogP contribution in [0.5, 0.6) is 0 Å². The summed E-state index contributed by atoms with van der Waals surface area (Å²) in [4.78, 5) is 12.0. The van der Waals surface area contributed by atoms with Crippen LogP contribution in [-0.2, 0) is 4.79 Å². The molecule has 1 aliphatic rings. The summed E-state index contributed by atoms with van der Waals surface area (Å²) in [5.41, 5.74) is 5.95. The van der Waals surface area contributed by atoms with Crippen molar-refractivity contribution in [1.29, 1.82) is 0 Å². The summed E-state index contributed by atoms with van der Waals surface area (Å²) in [5.74, 6) is 1.66. The number of carbonyl (C=O) groups is 1. The molecule has 0 aliphatic heterocycles. The van der Waals surface area contributed by atoms with Gasteiger partial charge in [0.2, 0.25) is 5.91 Å². The summed E-state index contributed by atoms with van der Waals surface area (Å²) in [6, 6.07) is -0.0274. The Morgan fingerprint density at radius 2 is 2.06 bits per heavy atom. The smallest absolute Gasteiger partial charge is 0.237 e. The molecule has 3 nitrogen and oxygen atoms in total. The van der Waals surface area contributed by atoms with Gasteiger partial charge < -0.3 is 11.1 Å². The minimum absolute atomic E-state index is 0.0331. The molecule has 0 spiro atoms. The zero-order valence-electron chi connectivity index (χ0n) is 11.7. The lowest BCUT2D eigenvalue weighted by Gasteiger charge is -2.34. The summed E-state index contributed by atoms with van der Waals surface area (Å²) < 4.78 is 0. The molecule has 17 heavy (non-hydrogen) atoms. The third-order valence-corrected chi connectivity index (χ3v) is 4.32. The Hall–Kier alpha value is -0.570. The molecule has 0 bridgehead atoms. The van der Waals surface area contributed by atoms with E-state index in [0.717, 1.165) is 18.8 Å². The summed E-state index contributed by atoms with van der Waals surface area (Å²) in [6.07, 6.45) is 4.48. The third kappa shape index (κ3) is 3.98. The van der Waals surface area contributed by atoms with Crippen molar-refractivity contribution in [3.63, 3.8) is 0 Å². The second kappa shape index (κ2) is 6.39. The van der Waals surface area contributed by atoms with Crippen LogP contribution in [0.1, 0.15) is 53.4 Å². The van der Waals surface area contributed by atoms with E-state index in [-0.39, 0.29) is 17.9 Å². The first kappa shape index (κ1) is 14.5. The van der Waals surface area contributed by atoms with E-state index in [1.807, 2.05) is 6.92 Å². The highest BCUT2D eigenvalue weighted by atomic mass is 16.2. The molecule has 1 rings (SSSR count). The Kier molecular flexibility index (Phi) is 5.44. The third-order valence-electron chi connectivity index (χ3n) is 4.32. The Bertz CT molecular complexity index is 255. The van der Waals surface area contributed by atoms with E-state index in [1.165, 1.54) is 12.8 Å². The quantitative estimate of drug-likeness (QED) is 0.792. The van der Waals surface area contributed by atoms with Crippen molar-refractivity contribution in [1.82, 2.24) is 5.32 Å². The maximum Gasteiger partial charge on any atom is 0.237 e. The first-order valence-corrected chi connectivity index (χ1v) is 7.01. The number of nitrogens with one attached hydrogen (secondary N) is 1. The molecular formula is C14H28N2O. The highest BCUT2D eigenvalue weighted by Crippen LogP contribution is 2.28. The van der Waals surface area contributed by atoms with Gasteiger partial charge in [0.25, 0.3) is 0 Å². The maximum absolute atomic E-state index is 12.0. The van der Waals surface area contributed by atoms with Crippen molar-refractivity contribution < 1.29 is 4.79 Å². The molecule has 0 radical (unpaired) electrons. The van der Waals surface area contributed by atoms with Gasteiger partial charge >= 0.3 is 0 Å². The molecule has 3 heteroatoms. The average molecular weight is 240 g/mol. The van der Waals surface area contributed by atoms with Crippen LogP contribution in [0.25, 0.3) is 0 Å². The Morgan fingerprint density at radius 3 is 2.59 bits per heavy atom. The molecule has 3 unspecified atom stereocenters. The van der Waals surface area contributed by atoms with Crippen LogP contribution >= 0.6 is 0 Å². The number of rotatable bonds is 4. The molecule has 1 saturated carbocycles. The highest BCUT2D eigenvalue weighted by molar-refractivity contribution is 5.82. The van der Waals surface area contributed by atoms with Gasteiger partial charge in [-0.1, -0.05) is 34.1 Å². The number of amides is 1. The molecule has 3 N–H and O–H groups in total. The summed E-state index contributed by atoms with van der Waals surface area (Å²) in [5, 5.41) is 3.14. The van der Waals surface area contributed by atoms with Crippen molar-refractivity contribution in [3.8, 4) is 0 Å². The van der Waals surface area contributed by atoms with E-state index in [4.69, 9.17) is 5.73 Å². The average Bonchev–Trinajstić information content (AvgIpc) is 2.30. The number of hydrogen-bond acceptors (Lipinski definition) is 2. The van der Waals surface area contributed by atoms with Crippen LogP contribution in [0.4, 0.5) is 0 Å².